The quantitative estimate of drug-likeness (QED) is 0.454. The van der Waals surface area contributed by atoms with Gasteiger partial charge in [-0.15, -0.1) is 21.5 Å². The zero-order valence-corrected chi connectivity index (χ0v) is 17.2. The van der Waals surface area contributed by atoms with E-state index in [0.29, 0.717) is 16.9 Å². The number of benzene rings is 1. The van der Waals surface area contributed by atoms with E-state index in [-0.39, 0.29) is 11.2 Å². The summed E-state index contributed by atoms with van der Waals surface area (Å²) >= 11 is 2.84. The Bertz CT molecular complexity index is 907. The number of anilines is 1. The first kappa shape index (κ1) is 19.4. The Morgan fingerprint density at radius 3 is 2.74 bits per heavy atom. The molecule has 0 fully saturated rings. The molecule has 3 rings (SSSR count). The summed E-state index contributed by atoms with van der Waals surface area (Å²) in [7, 11) is 0. The molecule has 0 radical (unpaired) electrons. The highest BCUT2D eigenvalue weighted by Gasteiger charge is 2.21. The average molecular weight is 402 g/mol. The lowest BCUT2D eigenvalue weighted by molar-refractivity contribution is -0.115. The summed E-state index contributed by atoms with van der Waals surface area (Å²) in [5.74, 6) is 7.02. The number of rotatable bonds is 7. The van der Waals surface area contributed by atoms with Gasteiger partial charge >= 0.3 is 0 Å². The Balaban J connectivity index is 1.71. The van der Waals surface area contributed by atoms with Crippen LogP contribution in [0.2, 0.25) is 0 Å². The van der Waals surface area contributed by atoms with E-state index < -0.39 is 0 Å². The van der Waals surface area contributed by atoms with E-state index in [4.69, 9.17) is 5.84 Å². The number of thiophene rings is 1. The molecule has 2 aromatic heterocycles. The lowest BCUT2D eigenvalue weighted by Crippen LogP contribution is -2.24. The number of aromatic nitrogens is 3. The molecular formula is C19H23N5OS2. The fraction of sp³-hybridized carbons (Fsp3) is 0.316. The summed E-state index contributed by atoms with van der Waals surface area (Å²) in [6, 6.07) is 11.8. The molecule has 0 saturated carbocycles. The number of carbonyl (C=O) groups is 1. The molecule has 0 aliphatic heterocycles. The fourth-order valence-corrected chi connectivity index (χ4v) is 4.11. The first-order chi connectivity index (χ1) is 13.0. The van der Waals surface area contributed by atoms with E-state index >= 15 is 0 Å². The van der Waals surface area contributed by atoms with Gasteiger partial charge < -0.3 is 11.2 Å². The number of amides is 1. The molecule has 0 aliphatic rings. The van der Waals surface area contributed by atoms with Gasteiger partial charge in [0.1, 0.15) is 0 Å². The van der Waals surface area contributed by atoms with E-state index in [1.54, 1.807) is 11.3 Å². The Kier molecular flexibility index (Phi) is 6.18. The van der Waals surface area contributed by atoms with E-state index in [2.05, 4.69) is 35.4 Å². The molecule has 6 nitrogen and oxygen atoms in total. The smallest absolute Gasteiger partial charge is 0.237 e. The first-order valence-electron chi connectivity index (χ1n) is 8.82. The van der Waals surface area contributed by atoms with Gasteiger partial charge in [-0.25, -0.2) is 4.68 Å². The molecule has 2 heterocycles. The van der Waals surface area contributed by atoms with Crippen molar-refractivity contribution in [3.63, 3.8) is 0 Å². The van der Waals surface area contributed by atoms with Gasteiger partial charge in [-0.05, 0) is 42.3 Å². The molecule has 1 aromatic carbocycles. The number of hydrogen-bond donors (Lipinski definition) is 2. The van der Waals surface area contributed by atoms with Gasteiger partial charge in [-0.1, -0.05) is 49.9 Å². The fourth-order valence-electron chi connectivity index (χ4n) is 2.64. The van der Waals surface area contributed by atoms with Crippen molar-refractivity contribution in [2.45, 2.75) is 43.5 Å². The van der Waals surface area contributed by atoms with Crippen molar-refractivity contribution in [3.8, 4) is 10.7 Å². The summed E-state index contributed by atoms with van der Waals surface area (Å²) in [5, 5.41) is 13.4. The maximum Gasteiger partial charge on any atom is 0.237 e. The third kappa shape index (κ3) is 4.33. The van der Waals surface area contributed by atoms with E-state index in [1.165, 1.54) is 16.4 Å². The summed E-state index contributed by atoms with van der Waals surface area (Å²) in [6.45, 7) is 6.14. The van der Waals surface area contributed by atoms with Gasteiger partial charge in [0.2, 0.25) is 11.1 Å². The second kappa shape index (κ2) is 8.58. The molecular weight excluding hydrogens is 378 g/mol. The molecule has 8 heteroatoms. The van der Waals surface area contributed by atoms with Gasteiger partial charge in [0, 0.05) is 5.69 Å². The highest BCUT2D eigenvalue weighted by molar-refractivity contribution is 8.00. The monoisotopic (exact) mass is 401 g/mol. The van der Waals surface area contributed by atoms with Crippen molar-refractivity contribution >= 4 is 34.7 Å². The maximum atomic E-state index is 12.7. The summed E-state index contributed by atoms with van der Waals surface area (Å²) in [6.07, 6.45) is 1.01. The number of para-hydroxylation sites is 1. The Labute approximate surface area is 167 Å². The number of carbonyl (C=O) groups excluding carboxylic acids is 1. The molecule has 27 heavy (non-hydrogen) atoms. The van der Waals surface area contributed by atoms with Crippen LogP contribution >= 0.6 is 23.1 Å². The minimum Gasteiger partial charge on any atom is -0.335 e. The first-order valence-corrected chi connectivity index (χ1v) is 10.6. The summed E-state index contributed by atoms with van der Waals surface area (Å²) in [5.41, 5.74) is 2.00. The summed E-state index contributed by atoms with van der Waals surface area (Å²) in [4.78, 5) is 13.6. The zero-order chi connectivity index (χ0) is 19.4. The highest BCUT2D eigenvalue weighted by Crippen LogP contribution is 2.29. The minimum atomic E-state index is -0.363. The number of nitrogen functional groups attached to an aromatic ring is 1. The Morgan fingerprint density at radius 1 is 1.26 bits per heavy atom. The van der Waals surface area contributed by atoms with Gasteiger partial charge in [0.15, 0.2) is 5.82 Å². The van der Waals surface area contributed by atoms with Crippen LogP contribution in [0.25, 0.3) is 10.7 Å². The topological polar surface area (TPSA) is 85.8 Å². The predicted molar refractivity (Wildman–Crippen MR) is 113 cm³/mol. The molecule has 3 N–H and O–H groups in total. The Hall–Kier alpha value is -2.32. The number of nitrogens with zero attached hydrogens (tertiary/aromatic N) is 3. The highest BCUT2D eigenvalue weighted by atomic mass is 32.2. The standard InChI is InChI=1S/C19H23N5OS2/c1-4-12(2)14-8-5-6-9-15(14)21-18(25)13(3)27-19-23-22-17(24(19)20)16-10-7-11-26-16/h5-13H,4,20H2,1-3H3,(H,21,25)/t12-,13-/m1/s1. The van der Waals surface area contributed by atoms with Gasteiger partial charge in [-0.3, -0.25) is 4.79 Å². The predicted octanol–water partition coefficient (Wildman–Crippen LogP) is 4.35. The lowest BCUT2D eigenvalue weighted by Gasteiger charge is -2.17. The van der Waals surface area contributed by atoms with E-state index in [9.17, 15) is 4.79 Å². The zero-order valence-electron chi connectivity index (χ0n) is 15.5. The SMILES string of the molecule is CC[C@@H](C)c1ccccc1NC(=O)[C@@H](C)Sc1nnc(-c2cccs2)n1N. The van der Waals surface area contributed by atoms with Crippen LogP contribution in [-0.4, -0.2) is 26.0 Å². The van der Waals surface area contributed by atoms with E-state index in [1.807, 2.05) is 42.6 Å². The molecule has 1 amide bonds. The number of thioether (sulfide) groups is 1. The molecule has 0 bridgehead atoms. The van der Waals surface area contributed by atoms with Gasteiger partial charge in [0.05, 0.1) is 10.1 Å². The second-order valence-corrected chi connectivity index (χ2v) is 8.56. The number of hydrogen-bond acceptors (Lipinski definition) is 6. The van der Waals surface area contributed by atoms with Crippen LogP contribution in [0.3, 0.4) is 0 Å². The van der Waals surface area contributed by atoms with Crippen molar-refractivity contribution in [1.29, 1.82) is 0 Å². The van der Waals surface area contributed by atoms with Crippen LogP contribution in [-0.2, 0) is 4.79 Å². The van der Waals surface area contributed by atoms with Gasteiger partial charge in [-0.2, -0.15) is 0 Å². The molecule has 0 saturated heterocycles. The third-order valence-electron chi connectivity index (χ3n) is 4.42. The van der Waals surface area contributed by atoms with Crippen molar-refractivity contribution in [2.75, 3.05) is 11.2 Å². The second-order valence-electron chi connectivity index (χ2n) is 6.30. The number of nitrogens with two attached hydrogens (primary N) is 1. The van der Waals surface area contributed by atoms with Crippen LogP contribution in [0, 0.1) is 0 Å². The maximum absolute atomic E-state index is 12.7. The third-order valence-corrected chi connectivity index (χ3v) is 6.34. The molecule has 2 atom stereocenters. The van der Waals surface area contributed by atoms with Crippen LogP contribution in [0.4, 0.5) is 5.69 Å². The van der Waals surface area contributed by atoms with Crippen molar-refractivity contribution in [1.82, 2.24) is 14.9 Å². The molecule has 0 aliphatic carbocycles. The molecule has 142 valence electrons. The molecule has 0 spiro atoms. The van der Waals surface area contributed by atoms with Crippen LogP contribution in [0.5, 0.6) is 0 Å². The van der Waals surface area contributed by atoms with Crippen LogP contribution < -0.4 is 11.2 Å². The Morgan fingerprint density at radius 2 is 2.04 bits per heavy atom. The minimum absolute atomic E-state index is 0.0866. The van der Waals surface area contributed by atoms with Crippen molar-refractivity contribution in [2.24, 2.45) is 0 Å². The molecule has 3 aromatic rings. The summed E-state index contributed by atoms with van der Waals surface area (Å²) < 4.78 is 1.44. The van der Waals surface area contributed by atoms with Gasteiger partial charge in [0.25, 0.3) is 0 Å². The van der Waals surface area contributed by atoms with Crippen molar-refractivity contribution in [3.05, 3.63) is 47.3 Å². The lowest BCUT2D eigenvalue weighted by atomic mass is 9.97. The average Bonchev–Trinajstić information content (AvgIpc) is 3.32. The van der Waals surface area contributed by atoms with Crippen LogP contribution in [0.1, 0.15) is 38.7 Å². The van der Waals surface area contributed by atoms with Crippen molar-refractivity contribution < 1.29 is 4.79 Å². The largest absolute Gasteiger partial charge is 0.335 e. The normalized spacial score (nSPS) is 13.3. The van der Waals surface area contributed by atoms with Crippen LogP contribution in [0.15, 0.2) is 46.9 Å². The number of nitrogens with one attached hydrogen (secondary N) is 1. The van der Waals surface area contributed by atoms with E-state index in [0.717, 1.165) is 22.5 Å². The molecule has 0 unspecified atom stereocenters.